The maximum atomic E-state index is 12.5. The molecule has 0 aliphatic carbocycles. The number of aliphatic hydroxyl groups is 1. The number of amides is 2. The number of anilines is 1. The Morgan fingerprint density at radius 2 is 2.09 bits per heavy atom. The summed E-state index contributed by atoms with van der Waals surface area (Å²) in [5, 5.41) is 13.1. The first-order valence-electron chi connectivity index (χ1n) is 7.64. The van der Waals surface area contributed by atoms with Gasteiger partial charge in [-0.15, -0.1) is 0 Å². The van der Waals surface area contributed by atoms with Gasteiger partial charge in [0.25, 0.3) is 0 Å². The van der Waals surface area contributed by atoms with Gasteiger partial charge < -0.3 is 15.2 Å². The molecule has 1 aliphatic rings. The Bertz CT molecular complexity index is 688. The minimum atomic E-state index is -0.571. The molecular weight excluding hydrogens is 292 g/mol. The summed E-state index contributed by atoms with van der Waals surface area (Å²) in [5.74, 6) is 0.675. The Balaban J connectivity index is 1.76. The Morgan fingerprint density at radius 1 is 1.30 bits per heavy atom. The summed E-state index contributed by atoms with van der Waals surface area (Å²) in [7, 11) is 1.58. The number of hydrogen-bond donors (Lipinski definition) is 2. The fraction of sp³-hybridized carbons (Fsp3) is 0.278. The van der Waals surface area contributed by atoms with Gasteiger partial charge in [-0.05, 0) is 30.2 Å². The lowest BCUT2D eigenvalue weighted by atomic mass is 9.99. The fourth-order valence-electron chi connectivity index (χ4n) is 2.78. The summed E-state index contributed by atoms with van der Waals surface area (Å²) in [4.78, 5) is 14.2. The van der Waals surface area contributed by atoms with Gasteiger partial charge in [0.15, 0.2) is 0 Å². The van der Waals surface area contributed by atoms with E-state index < -0.39 is 6.10 Å². The molecule has 2 aromatic carbocycles. The summed E-state index contributed by atoms with van der Waals surface area (Å²) in [5.41, 5.74) is 2.51. The maximum Gasteiger partial charge on any atom is 0.322 e. The zero-order chi connectivity index (χ0) is 16.2. The normalized spacial score (nSPS) is 16.6. The number of aliphatic hydroxyl groups excluding tert-OH is 1. The Hall–Kier alpha value is -2.53. The van der Waals surface area contributed by atoms with Gasteiger partial charge in [-0.1, -0.05) is 30.3 Å². The summed E-state index contributed by atoms with van der Waals surface area (Å²) in [6.07, 6.45) is -0.0582. The molecule has 1 aliphatic heterocycles. The van der Waals surface area contributed by atoms with E-state index in [1.54, 1.807) is 24.1 Å². The molecule has 0 spiro atoms. The number of rotatable bonds is 3. The van der Waals surface area contributed by atoms with Crippen LogP contribution in [0.1, 0.15) is 23.7 Å². The number of carbonyl (C=O) groups excluding carboxylic acids is 1. The lowest BCUT2D eigenvalue weighted by molar-refractivity contribution is 0.163. The third-order valence-electron chi connectivity index (χ3n) is 4.04. The van der Waals surface area contributed by atoms with E-state index in [1.165, 1.54) is 0 Å². The van der Waals surface area contributed by atoms with E-state index in [0.29, 0.717) is 25.3 Å². The summed E-state index contributed by atoms with van der Waals surface area (Å²) in [6.45, 7) is 0.964. The van der Waals surface area contributed by atoms with Crippen molar-refractivity contribution < 1.29 is 14.6 Å². The van der Waals surface area contributed by atoms with Crippen LogP contribution >= 0.6 is 0 Å². The van der Waals surface area contributed by atoms with Crippen molar-refractivity contribution in [1.29, 1.82) is 0 Å². The summed E-state index contributed by atoms with van der Waals surface area (Å²) < 4.78 is 5.20. The number of fused-ring (bicyclic) bond motifs is 1. The van der Waals surface area contributed by atoms with Crippen LogP contribution in [-0.4, -0.2) is 24.8 Å². The Kier molecular flexibility index (Phi) is 4.48. The largest absolute Gasteiger partial charge is 0.497 e. The molecule has 5 heteroatoms. The number of benzene rings is 2. The van der Waals surface area contributed by atoms with E-state index in [-0.39, 0.29) is 6.03 Å². The standard InChI is InChI=1S/C18H20N2O3/c1-23-14-7-8-16-15(11-14)17(21)9-10-20(16)18(22)19-12-13-5-3-2-4-6-13/h2-8,11,17,21H,9-10,12H2,1H3,(H,19,22). The highest BCUT2D eigenvalue weighted by atomic mass is 16.5. The molecule has 1 heterocycles. The molecule has 1 atom stereocenters. The van der Waals surface area contributed by atoms with E-state index in [2.05, 4.69) is 5.32 Å². The molecule has 120 valence electrons. The Morgan fingerprint density at radius 3 is 2.83 bits per heavy atom. The van der Waals surface area contributed by atoms with Crippen molar-refractivity contribution >= 4 is 11.7 Å². The predicted octanol–water partition coefficient (Wildman–Crippen LogP) is 2.85. The van der Waals surface area contributed by atoms with Crippen LogP contribution in [0.4, 0.5) is 10.5 Å². The van der Waals surface area contributed by atoms with Crippen LogP contribution in [0.3, 0.4) is 0 Å². The molecule has 2 aromatic rings. The van der Waals surface area contributed by atoms with Gasteiger partial charge in [-0.3, -0.25) is 4.90 Å². The van der Waals surface area contributed by atoms with Gasteiger partial charge in [0, 0.05) is 18.7 Å². The lowest BCUT2D eigenvalue weighted by Gasteiger charge is -2.32. The number of methoxy groups -OCH3 is 1. The maximum absolute atomic E-state index is 12.5. The highest BCUT2D eigenvalue weighted by molar-refractivity contribution is 5.93. The lowest BCUT2D eigenvalue weighted by Crippen LogP contribution is -2.43. The average molecular weight is 312 g/mol. The molecule has 0 bridgehead atoms. The topological polar surface area (TPSA) is 61.8 Å². The van der Waals surface area contributed by atoms with Crippen molar-refractivity contribution in [2.75, 3.05) is 18.6 Å². The quantitative estimate of drug-likeness (QED) is 0.916. The van der Waals surface area contributed by atoms with Crippen LogP contribution in [-0.2, 0) is 6.54 Å². The SMILES string of the molecule is COc1ccc2c(c1)C(O)CCN2C(=O)NCc1ccccc1. The molecule has 23 heavy (non-hydrogen) atoms. The molecule has 2 amide bonds. The molecule has 0 saturated heterocycles. The van der Waals surface area contributed by atoms with Crippen molar-refractivity contribution in [1.82, 2.24) is 5.32 Å². The number of nitrogens with one attached hydrogen (secondary N) is 1. The predicted molar refractivity (Wildman–Crippen MR) is 88.6 cm³/mol. The molecule has 0 saturated carbocycles. The van der Waals surface area contributed by atoms with Gasteiger partial charge in [0.05, 0.1) is 18.9 Å². The van der Waals surface area contributed by atoms with Gasteiger partial charge in [0.1, 0.15) is 5.75 Å². The number of hydrogen-bond acceptors (Lipinski definition) is 3. The van der Waals surface area contributed by atoms with E-state index >= 15 is 0 Å². The molecule has 1 unspecified atom stereocenters. The molecule has 2 N–H and O–H groups in total. The van der Waals surface area contributed by atoms with Crippen molar-refractivity contribution in [2.45, 2.75) is 19.1 Å². The third kappa shape index (κ3) is 3.29. The van der Waals surface area contributed by atoms with E-state index in [0.717, 1.165) is 16.8 Å². The minimum absolute atomic E-state index is 0.160. The Labute approximate surface area is 135 Å². The first-order valence-corrected chi connectivity index (χ1v) is 7.64. The highest BCUT2D eigenvalue weighted by Gasteiger charge is 2.27. The first kappa shape index (κ1) is 15.4. The van der Waals surface area contributed by atoms with Crippen LogP contribution in [0.5, 0.6) is 5.75 Å². The van der Waals surface area contributed by atoms with E-state index in [9.17, 15) is 9.90 Å². The smallest absolute Gasteiger partial charge is 0.322 e. The van der Waals surface area contributed by atoms with Crippen molar-refractivity contribution in [3.8, 4) is 5.75 Å². The van der Waals surface area contributed by atoms with E-state index in [4.69, 9.17) is 4.74 Å². The molecule has 0 radical (unpaired) electrons. The molecular formula is C18H20N2O3. The second-order valence-corrected chi connectivity index (χ2v) is 5.53. The monoisotopic (exact) mass is 312 g/mol. The molecule has 0 aromatic heterocycles. The summed E-state index contributed by atoms with van der Waals surface area (Å²) >= 11 is 0. The van der Waals surface area contributed by atoms with Gasteiger partial charge in [0.2, 0.25) is 0 Å². The van der Waals surface area contributed by atoms with Crippen LogP contribution in [0.15, 0.2) is 48.5 Å². The van der Waals surface area contributed by atoms with Gasteiger partial charge >= 0.3 is 6.03 Å². The van der Waals surface area contributed by atoms with Crippen LogP contribution in [0, 0.1) is 0 Å². The molecule has 0 fully saturated rings. The first-order chi connectivity index (χ1) is 11.2. The van der Waals surface area contributed by atoms with Crippen LogP contribution in [0.25, 0.3) is 0 Å². The summed E-state index contributed by atoms with van der Waals surface area (Å²) in [6, 6.07) is 15.0. The highest BCUT2D eigenvalue weighted by Crippen LogP contribution is 2.36. The second kappa shape index (κ2) is 6.71. The van der Waals surface area contributed by atoms with Gasteiger partial charge in [-0.2, -0.15) is 0 Å². The van der Waals surface area contributed by atoms with Gasteiger partial charge in [-0.25, -0.2) is 4.79 Å². The fourth-order valence-corrected chi connectivity index (χ4v) is 2.78. The number of urea groups is 1. The third-order valence-corrected chi connectivity index (χ3v) is 4.04. The van der Waals surface area contributed by atoms with E-state index in [1.807, 2.05) is 36.4 Å². The number of nitrogens with zero attached hydrogens (tertiary/aromatic N) is 1. The van der Waals surface area contributed by atoms with Crippen molar-refractivity contribution in [2.24, 2.45) is 0 Å². The number of ether oxygens (including phenoxy) is 1. The zero-order valence-electron chi connectivity index (χ0n) is 13.0. The van der Waals surface area contributed by atoms with Crippen LogP contribution in [0.2, 0.25) is 0 Å². The molecule has 5 nitrogen and oxygen atoms in total. The number of carbonyl (C=O) groups is 1. The second-order valence-electron chi connectivity index (χ2n) is 5.53. The molecule has 3 rings (SSSR count). The van der Waals surface area contributed by atoms with Crippen molar-refractivity contribution in [3.05, 3.63) is 59.7 Å². The van der Waals surface area contributed by atoms with Crippen molar-refractivity contribution in [3.63, 3.8) is 0 Å². The zero-order valence-corrected chi connectivity index (χ0v) is 13.0. The average Bonchev–Trinajstić information content (AvgIpc) is 2.60. The minimum Gasteiger partial charge on any atom is -0.497 e. The van der Waals surface area contributed by atoms with Crippen LogP contribution < -0.4 is 15.0 Å².